The maximum atomic E-state index is 9.46. The Morgan fingerprint density at radius 3 is 2.38 bits per heavy atom. The van der Waals surface area contributed by atoms with Gasteiger partial charge in [0.15, 0.2) is 0 Å². The number of aliphatic hydroxyl groups is 2. The number of hydrogen-bond acceptors (Lipinski definition) is 2. The monoisotopic (exact) mass is 186 g/mol. The van der Waals surface area contributed by atoms with Gasteiger partial charge >= 0.3 is 0 Å². The normalized spacial score (nSPS) is 35.3. The molecule has 3 atom stereocenters. The average Bonchev–Trinajstić information content (AvgIpc) is 2.07. The maximum Gasteiger partial charge on any atom is 0.0801 e. The van der Waals surface area contributed by atoms with E-state index < -0.39 is 12.2 Å². The highest BCUT2D eigenvalue weighted by molar-refractivity contribution is 4.79. The molecule has 0 heterocycles. The fourth-order valence-electron chi connectivity index (χ4n) is 2.05. The molecule has 78 valence electrons. The third-order valence-corrected chi connectivity index (χ3v) is 3.04. The van der Waals surface area contributed by atoms with Crippen LogP contribution in [0, 0.1) is 11.8 Å². The first kappa shape index (κ1) is 11.0. The summed E-state index contributed by atoms with van der Waals surface area (Å²) in [7, 11) is 0. The highest BCUT2D eigenvalue weighted by atomic mass is 16.3. The van der Waals surface area contributed by atoms with Crippen LogP contribution in [0.4, 0.5) is 0 Å². The lowest BCUT2D eigenvalue weighted by atomic mass is 9.82. The van der Waals surface area contributed by atoms with Gasteiger partial charge in [0.1, 0.15) is 0 Å². The van der Waals surface area contributed by atoms with Crippen LogP contribution in [-0.2, 0) is 0 Å². The molecule has 0 spiro atoms. The van der Waals surface area contributed by atoms with E-state index in [0.717, 1.165) is 25.2 Å². The summed E-state index contributed by atoms with van der Waals surface area (Å²) >= 11 is 0. The summed E-state index contributed by atoms with van der Waals surface area (Å²) < 4.78 is 0. The highest BCUT2D eigenvalue weighted by Gasteiger charge is 2.26. The van der Waals surface area contributed by atoms with E-state index in [1.165, 1.54) is 12.8 Å². The Bertz CT molecular complexity index is 145. The lowest BCUT2D eigenvalue weighted by molar-refractivity contribution is -0.0270. The molecule has 13 heavy (non-hydrogen) atoms. The van der Waals surface area contributed by atoms with E-state index in [0.29, 0.717) is 5.92 Å². The molecule has 2 nitrogen and oxygen atoms in total. The molecule has 3 unspecified atom stereocenters. The fraction of sp³-hybridized carbons (Fsp3) is 1.00. The first-order chi connectivity index (χ1) is 6.09. The molecule has 2 heteroatoms. The molecule has 0 aromatic heterocycles. The van der Waals surface area contributed by atoms with Gasteiger partial charge in [-0.25, -0.2) is 0 Å². The van der Waals surface area contributed by atoms with Crippen LogP contribution in [0.15, 0.2) is 0 Å². The molecule has 0 bridgehead atoms. The van der Waals surface area contributed by atoms with E-state index in [2.05, 4.69) is 13.8 Å². The Balaban J connectivity index is 2.21. The van der Waals surface area contributed by atoms with Gasteiger partial charge in [0.25, 0.3) is 0 Å². The third kappa shape index (κ3) is 3.65. The van der Waals surface area contributed by atoms with E-state index in [1.54, 1.807) is 0 Å². The van der Waals surface area contributed by atoms with Gasteiger partial charge in [-0.3, -0.25) is 0 Å². The minimum absolute atomic E-state index is 0.463. The zero-order valence-electron chi connectivity index (χ0n) is 8.74. The van der Waals surface area contributed by atoms with Crippen LogP contribution in [0.2, 0.25) is 0 Å². The maximum absolute atomic E-state index is 9.46. The first-order valence-electron chi connectivity index (χ1n) is 5.45. The summed E-state index contributed by atoms with van der Waals surface area (Å²) in [5.74, 6) is 1.39. The van der Waals surface area contributed by atoms with Gasteiger partial charge in [-0.2, -0.15) is 0 Å². The largest absolute Gasteiger partial charge is 0.390 e. The van der Waals surface area contributed by atoms with Gasteiger partial charge in [-0.05, 0) is 31.1 Å². The zero-order chi connectivity index (χ0) is 9.84. The molecule has 0 amide bonds. The van der Waals surface area contributed by atoms with Crippen molar-refractivity contribution in [3.05, 3.63) is 0 Å². The second-order valence-electron chi connectivity index (χ2n) is 4.78. The van der Waals surface area contributed by atoms with E-state index >= 15 is 0 Å². The van der Waals surface area contributed by atoms with Crippen LogP contribution in [-0.4, -0.2) is 22.4 Å². The molecule has 1 saturated carbocycles. The molecule has 0 aliphatic heterocycles. The lowest BCUT2D eigenvalue weighted by Crippen LogP contribution is -2.33. The quantitative estimate of drug-likeness (QED) is 0.707. The van der Waals surface area contributed by atoms with Crippen molar-refractivity contribution in [3.63, 3.8) is 0 Å². The topological polar surface area (TPSA) is 40.5 Å². The Kier molecular flexibility index (Phi) is 4.20. The Hall–Kier alpha value is -0.0800. The fourth-order valence-corrected chi connectivity index (χ4v) is 2.05. The summed E-state index contributed by atoms with van der Waals surface area (Å²) in [5, 5.41) is 18.8. The smallest absolute Gasteiger partial charge is 0.0801 e. The molecule has 2 N–H and O–H groups in total. The molecule has 0 radical (unpaired) electrons. The highest BCUT2D eigenvalue weighted by Crippen LogP contribution is 2.29. The van der Waals surface area contributed by atoms with Crippen LogP contribution in [0.5, 0.6) is 0 Å². The lowest BCUT2D eigenvalue weighted by Gasteiger charge is -2.30. The van der Waals surface area contributed by atoms with Gasteiger partial charge in [0, 0.05) is 0 Å². The molecule has 1 rings (SSSR count). The van der Waals surface area contributed by atoms with Crippen molar-refractivity contribution < 1.29 is 10.2 Å². The second kappa shape index (κ2) is 4.97. The van der Waals surface area contributed by atoms with Crippen molar-refractivity contribution in [1.82, 2.24) is 0 Å². The summed E-state index contributed by atoms with van der Waals surface area (Å²) in [4.78, 5) is 0. The molecular formula is C11H22O2. The predicted molar refractivity (Wildman–Crippen MR) is 53.4 cm³/mol. The molecule has 1 aliphatic carbocycles. The number of hydrogen-bond donors (Lipinski definition) is 2. The van der Waals surface area contributed by atoms with Crippen molar-refractivity contribution in [3.8, 4) is 0 Å². The Labute approximate surface area is 81.0 Å². The second-order valence-corrected chi connectivity index (χ2v) is 4.78. The number of aliphatic hydroxyl groups excluding tert-OH is 2. The summed E-state index contributed by atoms with van der Waals surface area (Å²) in [6.45, 7) is 4.46. The zero-order valence-corrected chi connectivity index (χ0v) is 8.74. The molecular weight excluding hydrogens is 164 g/mol. The van der Waals surface area contributed by atoms with Crippen LogP contribution in [0.1, 0.15) is 46.0 Å². The molecule has 1 fully saturated rings. The van der Waals surface area contributed by atoms with E-state index in [4.69, 9.17) is 0 Å². The van der Waals surface area contributed by atoms with Crippen molar-refractivity contribution in [2.75, 3.05) is 0 Å². The van der Waals surface area contributed by atoms with Crippen LogP contribution in [0.3, 0.4) is 0 Å². The van der Waals surface area contributed by atoms with Gasteiger partial charge in [0.2, 0.25) is 0 Å². The first-order valence-corrected chi connectivity index (χ1v) is 5.45. The Morgan fingerprint density at radius 1 is 1.15 bits per heavy atom. The number of rotatable bonds is 3. The van der Waals surface area contributed by atoms with Gasteiger partial charge in [-0.1, -0.05) is 26.7 Å². The average molecular weight is 186 g/mol. The molecule has 1 aliphatic rings. The summed E-state index contributed by atoms with van der Waals surface area (Å²) in [5.41, 5.74) is 0. The SMILES string of the molecule is CC(C)CCC1CCC(O)C(O)C1. The predicted octanol–water partition coefficient (Wildman–Crippen LogP) is 1.94. The van der Waals surface area contributed by atoms with Crippen LogP contribution < -0.4 is 0 Å². The molecule has 0 saturated heterocycles. The van der Waals surface area contributed by atoms with Gasteiger partial charge in [0.05, 0.1) is 12.2 Å². The molecule has 0 aromatic carbocycles. The Morgan fingerprint density at radius 2 is 1.85 bits per heavy atom. The van der Waals surface area contributed by atoms with Crippen LogP contribution >= 0.6 is 0 Å². The minimum Gasteiger partial charge on any atom is -0.390 e. The summed E-state index contributed by atoms with van der Waals surface area (Å²) in [6.07, 6.45) is 4.19. The van der Waals surface area contributed by atoms with E-state index in [1.807, 2.05) is 0 Å². The van der Waals surface area contributed by atoms with Crippen molar-refractivity contribution in [2.24, 2.45) is 11.8 Å². The van der Waals surface area contributed by atoms with Crippen molar-refractivity contribution >= 4 is 0 Å². The van der Waals surface area contributed by atoms with Crippen LogP contribution in [0.25, 0.3) is 0 Å². The summed E-state index contributed by atoms with van der Waals surface area (Å²) in [6, 6.07) is 0. The standard InChI is InChI=1S/C11H22O2/c1-8(2)3-4-9-5-6-10(12)11(13)7-9/h8-13H,3-7H2,1-2H3. The molecule has 0 aromatic rings. The van der Waals surface area contributed by atoms with Gasteiger partial charge in [-0.15, -0.1) is 0 Å². The van der Waals surface area contributed by atoms with E-state index in [-0.39, 0.29) is 0 Å². The third-order valence-electron chi connectivity index (χ3n) is 3.04. The van der Waals surface area contributed by atoms with E-state index in [9.17, 15) is 10.2 Å². The minimum atomic E-state index is -0.467. The van der Waals surface area contributed by atoms with Crippen molar-refractivity contribution in [2.45, 2.75) is 58.2 Å². The van der Waals surface area contributed by atoms with Crippen molar-refractivity contribution in [1.29, 1.82) is 0 Å². The van der Waals surface area contributed by atoms with Gasteiger partial charge < -0.3 is 10.2 Å².